The third-order valence-electron chi connectivity index (χ3n) is 4.32. The van der Waals surface area contributed by atoms with Crippen molar-refractivity contribution < 1.29 is 4.79 Å². The van der Waals surface area contributed by atoms with E-state index in [0.717, 1.165) is 29.9 Å². The van der Waals surface area contributed by atoms with Gasteiger partial charge in [-0.15, -0.1) is 0 Å². The van der Waals surface area contributed by atoms with Crippen molar-refractivity contribution in [2.45, 2.75) is 6.04 Å². The van der Waals surface area contributed by atoms with Crippen LogP contribution in [0, 0.1) is 11.8 Å². The van der Waals surface area contributed by atoms with E-state index in [0.29, 0.717) is 17.9 Å². The molecule has 2 heterocycles. The second-order valence-corrected chi connectivity index (χ2v) is 5.14. The van der Waals surface area contributed by atoms with E-state index < -0.39 is 0 Å². The molecule has 0 bridgehead atoms. The van der Waals surface area contributed by atoms with Crippen LogP contribution in [0.15, 0.2) is 30.8 Å². The number of benzene rings is 1. The summed E-state index contributed by atoms with van der Waals surface area (Å²) in [6, 6.07) is 8.17. The van der Waals surface area contributed by atoms with E-state index in [4.69, 9.17) is 0 Å². The molecular weight excluding hydrogens is 212 g/mol. The molecule has 3 heteroatoms. The average molecular weight is 226 g/mol. The molecule has 2 aliphatic heterocycles. The van der Waals surface area contributed by atoms with Crippen molar-refractivity contribution in [3.05, 3.63) is 42.0 Å². The van der Waals surface area contributed by atoms with Crippen LogP contribution in [0.1, 0.15) is 15.9 Å². The molecule has 1 amide bonds. The summed E-state index contributed by atoms with van der Waals surface area (Å²) in [6.07, 6.45) is 0. The lowest BCUT2D eigenvalue weighted by molar-refractivity contribution is 0.0831. The zero-order chi connectivity index (χ0) is 11.6. The zero-order valence-electron chi connectivity index (χ0n) is 9.52. The summed E-state index contributed by atoms with van der Waals surface area (Å²) >= 11 is 0. The van der Waals surface area contributed by atoms with Crippen LogP contribution in [0.4, 0.5) is 0 Å². The van der Waals surface area contributed by atoms with Gasteiger partial charge in [-0.25, -0.2) is 0 Å². The molecule has 1 saturated carbocycles. The Kier molecular flexibility index (Phi) is 1.66. The Morgan fingerprint density at radius 2 is 1.82 bits per heavy atom. The summed E-state index contributed by atoms with van der Waals surface area (Å²) in [6.45, 7) is 6.19. The number of amides is 1. The van der Waals surface area contributed by atoms with Crippen molar-refractivity contribution in [1.82, 2.24) is 10.2 Å². The Hall–Kier alpha value is -1.61. The lowest BCUT2D eigenvalue weighted by Gasteiger charge is -2.19. The topological polar surface area (TPSA) is 32.3 Å². The van der Waals surface area contributed by atoms with Crippen molar-refractivity contribution in [2.75, 3.05) is 13.1 Å². The first kappa shape index (κ1) is 9.42. The van der Waals surface area contributed by atoms with Crippen LogP contribution in [0.5, 0.6) is 0 Å². The summed E-state index contributed by atoms with van der Waals surface area (Å²) in [4.78, 5) is 14.3. The summed E-state index contributed by atoms with van der Waals surface area (Å²) in [5, 5.41) is 3.36. The van der Waals surface area contributed by atoms with Gasteiger partial charge >= 0.3 is 0 Å². The molecule has 3 nitrogen and oxygen atoms in total. The molecule has 2 atom stereocenters. The first-order valence-corrected chi connectivity index (χ1v) is 6.11. The van der Waals surface area contributed by atoms with Gasteiger partial charge in [-0.1, -0.05) is 24.8 Å². The highest BCUT2D eigenvalue weighted by Gasteiger charge is 2.59. The number of hydrogen-bond donors (Lipinski definition) is 1. The van der Waals surface area contributed by atoms with E-state index in [1.165, 1.54) is 0 Å². The van der Waals surface area contributed by atoms with E-state index in [-0.39, 0.29) is 5.91 Å². The summed E-state index contributed by atoms with van der Waals surface area (Å²) in [5.41, 5.74) is 2.72. The molecule has 0 radical (unpaired) electrons. The molecule has 1 aromatic carbocycles. The van der Waals surface area contributed by atoms with Crippen LogP contribution >= 0.6 is 0 Å². The first-order chi connectivity index (χ1) is 8.29. The van der Waals surface area contributed by atoms with Gasteiger partial charge in [-0.05, 0) is 17.9 Å². The highest BCUT2D eigenvalue weighted by Crippen LogP contribution is 2.50. The van der Waals surface area contributed by atoms with E-state index in [9.17, 15) is 4.79 Å². The molecule has 1 aromatic rings. The second kappa shape index (κ2) is 2.99. The molecule has 17 heavy (non-hydrogen) atoms. The normalized spacial score (nSPS) is 33.9. The zero-order valence-corrected chi connectivity index (χ0v) is 9.52. The fraction of sp³-hybridized carbons (Fsp3) is 0.357. The fourth-order valence-electron chi connectivity index (χ4n) is 3.39. The van der Waals surface area contributed by atoms with Gasteiger partial charge in [-0.2, -0.15) is 0 Å². The van der Waals surface area contributed by atoms with Gasteiger partial charge in [0, 0.05) is 36.0 Å². The van der Waals surface area contributed by atoms with Gasteiger partial charge in [0.1, 0.15) is 0 Å². The molecule has 4 rings (SSSR count). The quantitative estimate of drug-likeness (QED) is 0.783. The predicted molar refractivity (Wildman–Crippen MR) is 65.3 cm³/mol. The Morgan fingerprint density at radius 3 is 2.47 bits per heavy atom. The molecule has 0 aromatic heterocycles. The Labute approximate surface area is 100 Å². The SMILES string of the molecule is C=C1c2ccccc2C(=O)N1C1C2CNCC21. The number of rotatable bonds is 1. The third kappa shape index (κ3) is 1.07. The molecule has 2 fully saturated rings. The van der Waals surface area contributed by atoms with Crippen LogP contribution in [-0.2, 0) is 0 Å². The van der Waals surface area contributed by atoms with Crippen molar-refractivity contribution in [2.24, 2.45) is 11.8 Å². The number of carbonyl (C=O) groups is 1. The van der Waals surface area contributed by atoms with Crippen molar-refractivity contribution in [1.29, 1.82) is 0 Å². The van der Waals surface area contributed by atoms with Crippen LogP contribution in [0.2, 0.25) is 0 Å². The number of nitrogens with zero attached hydrogens (tertiary/aromatic N) is 1. The van der Waals surface area contributed by atoms with E-state index in [1.807, 2.05) is 29.2 Å². The number of piperidine rings is 1. The average Bonchev–Trinajstić information content (AvgIpc) is 2.74. The Morgan fingerprint density at radius 1 is 1.18 bits per heavy atom. The van der Waals surface area contributed by atoms with E-state index in [1.54, 1.807) is 0 Å². The number of hydrogen-bond acceptors (Lipinski definition) is 2. The smallest absolute Gasteiger partial charge is 0.259 e. The molecule has 1 saturated heterocycles. The second-order valence-electron chi connectivity index (χ2n) is 5.14. The van der Waals surface area contributed by atoms with Gasteiger partial charge < -0.3 is 10.2 Å². The van der Waals surface area contributed by atoms with Gasteiger partial charge in [0.25, 0.3) is 5.91 Å². The van der Waals surface area contributed by atoms with Crippen LogP contribution in [0.25, 0.3) is 5.70 Å². The minimum absolute atomic E-state index is 0.144. The molecule has 0 spiro atoms. The van der Waals surface area contributed by atoms with Gasteiger partial charge in [0.15, 0.2) is 0 Å². The van der Waals surface area contributed by atoms with Crippen LogP contribution in [-0.4, -0.2) is 29.9 Å². The van der Waals surface area contributed by atoms with E-state index >= 15 is 0 Å². The molecular formula is C14H14N2O. The Bertz CT molecular complexity index is 492. The van der Waals surface area contributed by atoms with Gasteiger partial charge in [0.05, 0.1) is 0 Å². The largest absolute Gasteiger partial charge is 0.316 e. The maximum Gasteiger partial charge on any atom is 0.259 e. The van der Waals surface area contributed by atoms with Gasteiger partial charge in [0.2, 0.25) is 0 Å². The number of fused-ring (bicyclic) bond motifs is 2. The fourth-order valence-corrected chi connectivity index (χ4v) is 3.39. The molecule has 86 valence electrons. The van der Waals surface area contributed by atoms with Gasteiger partial charge in [-0.3, -0.25) is 4.79 Å². The minimum Gasteiger partial charge on any atom is -0.316 e. The third-order valence-corrected chi connectivity index (χ3v) is 4.32. The summed E-state index contributed by atoms with van der Waals surface area (Å²) < 4.78 is 0. The maximum absolute atomic E-state index is 12.4. The number of carbonyl (C=O) groups excluding carboxylic acids is 1. The summed E-state index contributed by atoms with van der Waals surface area (Å²) in [5.74, 6) is 1.43. The maximum atomic E-state index is 12.4. The lowest BCUT2D eigenvalue weighted by Crippen LogP contribution is -2.32. The summed E-state index contributed by atoms with van der Waals surface area (Å²) in [7, 11) is 0. The van der Waals surface area contributed by atoms with Crippen molar-refractivity contribution in [3.8, 4) is 0 Å². The van der Waals surface area contributed by atoms with Crippen LogP contribution in [0.3, 0.4) is 0 Å². The molecule has 3 aliphatic rings. The first-order valence-electron chi connectivity index (χ1n) is 6.11. The molecule has 1 aliphatic carbocycles. The van der Waals surface area contributed by atoms with Crippen molar-refractivity contribution in [3.63, 3.8) is 0 Å². The van der Waals surface area contributed by atoms with Crippen molar-refractivity contribution >= 4 is 11.6 Å². The highest BCUT2D eigenvalue weighted by atomic mass is 16.2. The lowest BCUT2D eigenvalue weighted by atomic mass is 10.1. The standard InChI is InChI=1S/C14H14N2O/c1-8-9-4-2-3-5-10(9)14(17)16(8)13-11-6-15-7-12(11)13/h2-5,11-13,15H,1,6-7H2. The van der Waals surface area contributed by atoms with E-state index in [2.05, 4.69) is 11.9 Å². The number of nitrogens with one attached hydrogen (secondary N) is 1. The molecule has 1 N–H and O–H groups in total. The minimum atomic E-state index is 0.144. The predicted octanol–water partition coefficient (Wildman–Crippen LogP) is 1.33. The Balaban J connectivity index is 1.72. The highest BCUT2D eigenvalue weighted by molar-refractivity contribution is 6.09. The van der Waals surface area contributed by atoms with Crippen LogP contribution < -0.4 is 5.32 Å². The monoisotopic (exact) mass is 226 g/mol. The molecule has 2 unspecified atom stereocenters.